The van der Waals surface area contributed by atoms with Crippen LogP contribution in [0.5, 0.6) is 11.5 Å². The number of nitro groups is 1. The summed E-state index contributed by atoms with van der Waals surface area (Å²) in [6.45, 7) is 5.54. The van der Waals surface area contributed by atoms with Crippen LogP contribution in [0.2, 0.25) is 0 Å². The molecule has 1 aliphatic rings. The first-order valence-electron chi connectivity index (χ1n) is 10.0. The normalized spacial score (nSPS) is 19.2. The Labute approximate surface area is 180 Å². The van der Waals surface area contributed by atoms with Crippen molar-refractivity contribution in [1.82, 2.24) is 9.80 Å². The molecule has 0 N–H and O–H groups in total. The molecule has 2 aromatic rings. The summed E-state index contributed by atoms with van der Waals surface area (Å²) in [6, 6.07) is 10.7. The van der Waals surface area contributed by atoms with Crippen molar-refractivity contribution in [3.05, 3.63) is 64.0 Å². The van der Waals surface area contributed by atoms with Gasteiger partial charge in [0, 0.05) is 31.7 Å². The van der Waals surface area contributed by atoms with E-state index in [1.54, 1.807) is 23.1 Å². The Hall–Kier alpha value is -3.20. The fourth-order valence-corrected chi connectivity index (χ4v) is 3.70. The molecule has 0 unspecified atom stereocenters. The zero-order valence-corrected chi connectivity index (χ0v) is 17.8. The summed E-state index contributed by atoms with van der Waals surface area (Å²) in [5.41, 5.74) is 0.757. The average Bonchev–Trinajstić information content (AvgIpc) is 2.75. The SMILES string of the molecule is COc1ccc(OCC(=O)N2C[C@@H](C)N(Cc3ccc(F)cc3)C[C@@H]2C)c([N+](=O)[O-])c1. The second-order valence-corrected chi connectivity index (χ2v) is 7.68. The summed E-state index contributed by atoms with van der Waals surface area (Å²) in [5, 5.41) is 11.3. The fraction of sp³-hybridized carbons (Fsp3) is 0.409. The van der Waals surface area contributed by atoms with Crippen LogP contribution in [0.1, 0.15) is 19.4 Å². The molecule has 2 atom stereocenters. The van der Waals surface area contributed by atoms with E-state index in [4.69, 9.17) is 9.47 Å². The second kappa shape index (κ2) is 9.74. The lowest BCUT2D eigenvalue weighted by Gasteiger charge is -2.44. The molecule has 166 valence electrons. The van der Waals surface area contributed by atoms with Gasteiger partial charge in [0.15, 0.2) is 12.4 Å². The Bertz CT molecular complexity index is 937. The Morgan fingerprint density at radius 1 is 1.16 bits per heavy atom. The first-order valence-corrected chi connectivity index (χ1v) is 10.0. The maximum absolute atomic E-state index is 13.1. The van der Waals surface area contributed by atoms with Crippen LogP contribution in [0.15, 0.2) is 42.5 Å². The van der Waals surface area contributed by atoms with Crippen LogP contribution in [0.3, 0.4) is 0 Å². The first-order chi connectivity index (χ1) is 14.8. The van der Waals surface area contributed by atoms with Crippen molar-refractivity contribution in [2.45, 2.75) is 32.5 Å². The van der Waals surface area contributed by atoms with Gasteiger partial charge >= 0.3 is 5.69 Å². The monoisotopic (exact) mass is 431 g/mol. The Kier molecular flexibility index (Phi) is 7.06. The van der Waals surface area contributed by atoms with Crippen molar-refractivity contribution in [1.29, 1.82) is 0 Å². The van der Waals surface area contributed by atoms with Crippen molar-refractivity contribution >= 4 is 11.6 Å². The minimum Gasteiger partial charge on any atom is -0.496 e. The van der Waals surface area contributed by atoms with Gasteiger partial charge in [-0.05, 0) is 43.7 Å². The quantitative estimate of drug-likeness (QED) is 0.494. The number of methoxy groups -OCH3 is 1. The number of amides is 1. The number of nitrogens with zero attached hydrogens (tertiary/aromatic N) is 3. The molecule has 1 aliphatic heterocycles. The highest BCUT2D eigenvalue weighted by Crippen LogP contribution is 2.31. The highest BCUT2D eigenvalue weighted by molar-refractivity contribution is 5.78. The number of carbonyl (C=O) groups is 1. The van der Waals surface area contributed by atoms with Gasteiger partial charge in [-0.3, -0.25) is 19.8 Å². The van der Waals surface area contributed by atoms with E-state index < -0.39 is 4.92 Å². The molecule has 0 saturated carbocycles. The maximum atomic E-state index is 13.1. The van der Waals surface area contributed by atoms with Gasteiger partial charge in [0.2, 0.25) is 0 Å². The molecule has 0 aliphatic carbocycles. The van der Waals surface area contributed by atoms with Crippen LogP contribution >= 0.6 is 0 Å². The van der Waals surface area contributed by atoms with Gasteiger partial charge in [0.05, 0.1) is 18.1 Å². The molecule has 8 nitrogen and oxygen atoms in total. The van der Waals surface area contributed by atoms with Gasteiger partial charge < -0.3 is 14.4 Å². The molecule has 0 radical (unpaired) electrons. The van der Waals surface area contributed by atoms with E-state index in [1.807, 2.05) is 13.8 Å². The van der Waals surface area contributed by atoms with Gasteiger partial charge in [-0.25, -0.2) is 4.39 Å². The number of hydrogen-bond acceptors (Lipinski definition) is 6. The third kappa shape index (κ3) is 5.49. The van der Waals surface area contributed by atoms with Crippen molar-refractivity contribution in [2.75, 3.05) is 26.8 Å². The van der Waals surface area contributed by atoms with Crippen molar-refractivity contribution in [3.8, 4) is 11.5 Å². The molecule has 1 heterocycles. The number of halogens is 1. The maximum Gasteiger partial charge on any atom is 0.314 e. The molecular formula is C22H26FN3O5. The largest absolute Gasteiger partial charge is 0.496 e. The summed E-state index contributed by atoms with van der Waals surface area (Å²) in [7, 11) is 1.42. The zero-order chi connectivity index (χ0) is 22.5. The Morgan fingerprint density at radius 2 is 1.87 bits per heavy atom. The smallest absolute Gasteiger partial charge is 0.314 e. The standard InChI is InChI=1S/C22H26FN3O5/c1-15-12-25(16(2)11-24(15)13-17-4-6-18(23)7-5-17)22(27)14-31-21-9-8-19(30-3)10-20(21)26(28)29/h4-10,15-16H,11-14H2,1-3H3/t15-,16+/m1/s1. The lowest BCUT2D eigenvalue weighted by atomic mass is 10.1. The minimum absolute atomic E-state index is 0.0230. The molecule has 0 spiro atoms. The van der Waals surface area contributed by atoms with E-state index in [1.165, 1.54) is 31.4 Å². The predicted octanol–water partition coefficient (Wildman–Crippen LogP) is 3.24. The van der Waals surface area contributed by atoms with Crippen LogP contribution in [0.25, 0.3) is 0 Å². The number of carbonyl (C=O) groups excluding carboxylic acids is 1. The third-order valence-corrected chi connectivity index (χ3v) is 5.45. The summed E-state index contributed by atoms with van der Waals surface area (Å²) in [6.07, 6.45) is 0. The summed E-state index contributed by atoms with van der Waals surface area (Å²) < 4.78 is 23.6. The van der Waals surface area contributed by atoms with E-state index in [9.17, 15) is 19.3 Å². The van der Waals surface area contributed by atoms with Gasteiger partial charge in [-0.1, -0.05) is 12.1 Å². The number of hydrogen-bond donors (Lipinski definition) is 0. The summed E-state index contributed by atoms with van der Waals surface area (Å²) >= 11 is 0. The number of rotatable bonds is 7. The Balaban J connectivity index is 1.60. The highest BCUT2D eigenvalue weighted by atomic mass is 19.1. The van der Waals surface area contributed by atoms with Crippen molar-refractivity contribution in [3.63, 3.8) is 0 Å². The van der Waals surface area contributed by atoms with Crippen LogP contribution in [0.4, 0.5) is 10.1 Å². The van der Waals surface area contributed by atoms with Crippen LogP contribution < -0.4 is 9.47 Å². The molecular weight excluding hydrogens is 405 g/mol. The van der Waals surface area contributed by atoms with Crippen LogP contribution in [-0.4, -0.2) is 59.5 Å². The van der Waals surface area contributed by atoms with Gasteiger partial charge in [-0.15, -0.1) is 0 Å². The van der Waals surface area contributed by atoms with Gasteiger partial charge in [0.1, 0.15) is 11.6 Å². The summed E-state index contributed by atoms with van der Waals surface area (Å²) in [5.74, 6) is -0.136. The minimum atomic E-state index is -0.568. The lowest BCUT2D eigenvalue weighted by Crippen LogP contribution is -2.58. The number of nitro benzene ring substituents is 1. The molecule has 1 fully saturated rings. The topological polar surface area (TPSA) is 85.2 Å². The first kappa shape index (κ1) is 22.5. The molecule has 0 bridgehead atoms. The average molecular weight is 431 g/mol. The highest BCUT2D eigenvalue weighted by Gasteiger charge is 2.32. The lowest BCUT2D eigenvalue weighted by molar-refractivity contribution is -0.385. The summed E-state index contributed by atoms with van der Waals surface area (Å²) in [4.78, 5) is 27.5. The fourth-order valence-electron chi connectivity index (χ4n) is 3.70. The number of benzene rings is 2. The van der Waals surface area contributed by atoms with Crippen molar-refractivity contribution in [2.24, 2.45) is 0 Å². The Morgan fingerprint density at radius 3 is 2.52 bits per heavy atom. The zero-order valence-electron chi connectivity index (χ0n) is 17.8. The molecule has 2 aromatic carbocycles. The van der Waals surface area contributed by atoms with Crippen LogP contribution in [0, 0.1) is 15.9 Å². The van der Waals surface area contributed by atoms with Gasteiger partial charge in [0.25, 0.3) is 5.91 Å². The molecule has 0 aromatic heterocycles. The van der Waals surface area contributed by atoms with Crippen molar-refractivity contribution < 1.29 is 23.6 Å². The number of piperazine rings is 1. The van der Waals surface area contributed by atoms with Crippen LogP contribution in [-0.2, 0) is 11.3 Å². The molecule has 3 rings (SSSR count). The van der Waals surface area contributed by atoms with E-state index in [0.29, 0.717) is 25.4 Å². The molecule has 31 heavy (non-hydrogen) atoms. The van der Waals surface area contributed by atoms with E-state index in [2.05, 4.69) is 4.90 Å². The van der Waals surface area contributed by atoms with E-state index >= 15 is 0 Å². The second-order valence-electron chi connectivity index (χ2n) is 7.68. The molecule has 1 saturated heterocycles. The number of ether oxygens (including phenoxy) is 2. The third-order valence-electron chi connectivity index (χ3n) is 5.45. The van der Waals surface area contributed by atoms with Gasteiger partial charge in [-0.2, -0.15) is 0 Å². The van der Waals surface area contributed by atoms with E-state index in [-0.39, 0.29) is 41.9 Å². The van der Waals surface area contributed by atoms with E-state index in [0.717, 1.165) is 5.56 Å². The molecule has 1 amide bonds. The molecule has 9 heteroatoms. The predicted molar refractivity (Wildman–Crippen MR) is 113 cm³/mol.